The zero-order valence-corrected chi connectivity index (χ0v) is 14.1. The van der Waals surface area contributed by atoms with Gasteiger partial charge in [-0.05, 0) is 42.0 Å². The molecule has 24 heavy (non-hydrogen) atoms. The molecule has 0 aliphatic heterocycles. The molecule has 0 radical (unpaired) electrons. The molecule has 1 heterocycles. The van der Waals surface area contributed by atoms with Crippen LogP contribution in [0.4, 0.5) is 0 Å². The van der Waals surface area contributed by atoms with Crippen LogP contribution in [0.5, 0.6) is 0 Å². The molecule has 0 saturated heterocycles. The third-order valence-electron chi connectivity index (χ3n) is 3.41. The Hall–Kier alpha value is -2.58. The van der Waals surface area contributed by atoms with E-state index < -0.39 is 0 Å². The number of halogens is 2. The molecule has 0 aliphatic rings. The lowest BCUT2D eigenvalue weighted by atomic mass is 10.0. The normalized spacial score (nSPS) is 10.2. The van der Waals surface area contributed by atoms with Crippen LogP contribution in [0.25, 0.3) is 17.3 Å². The quantitative estimate of drug-likeness (QED) is 0.467. The van der Waals surface area contributed by atoms with Gasteiger partial charge in [0.1, 0.15) is 5.69 Å². The van der Waals surface area contributed by atoms with Crippen LogP contribution < -0.4 is 0 Å². The van der Waals surface area contributed by atoms with Gasteiger partial charge in [0.05, 0.1) is 6.20 Å². The van der Waals surface area contributed by atoms with Crippen LogP contribution in [0, 0.1) is 0 Å². The molecule has 1 aromatic heterocycles. The summed E-state index contributed by atoms with van der Waals surface area (Å²) in [6.45, 7) is 3.53. The number of nitrogens with zero attached hydrogens (tertiary/aromatic N) is 2. The molecule has 3 nitrogen and oxygen atoms in total. The van der Waals surface area contributed by atoms with Crippen LogP contribution in [0.3, 0.4) is 0 Å². The lowest BCUT2D eigenvalue weighted by Gasteiger charge is -2.03. The maximum Gasteiger partial charge on any atom is 0.213 e. The Balaban J connectivity index is 2.13. The van der Waals surface area contributed by atoms with E-state index in [1.807, 2.05) is 12.1 Å². The van der Waals surface area contributed by atoms with Gasteiger partial charge in [-0.3, -0.25) is 4.79 Å². The molecule has 0 aliphatic carbocycles. The van der Waals surface area contributed by atoms with Crippen LogP contribution in [0.2, 0.25) is 10.0 Å². The van der Waals surface area contributed by atoms with Crippen molar-refractivity contribution >= 4 is 35.2 Å². The fourth-order valence-corrected chi connectivity index (χ4v) is 2.64. The van der Waals surface area contributed by atoms with Crippen LogP contribution in [-0.2, 0) is 0 Å². The van der Waals surface area contributed by atoms with Crippen molar-refractivity contribution in [1.29, 1.82) is 0 Å². The Labute approximate surface area is 149 Å². The van der Waals surface area contributed by atoms with Crippen molar-refractivity contribution in [3.05, 3.63) is 88.3 Å². The Morgan fingerprint density at radius 2 is 1.88 bits per heavy atom. The highest BCUT2D eigenvalue weighted by atomic mass is 35.5. The first kappa shape index (κ1) is 16.3. The van der Waals surface area contributed by atoms with Crippen molar-refractivity contribution in [3.63, 3.8) is 0 Å². The van der Waals surface area contributed by atoms with E-state index in [4.69, 9.17) is 23.2 Å². The first-order valence-corrected chi connectivity index (χ1v) is 7.85. The van der Waals surface area contributed by atoms with Gasteiger partial charge in [0, 0.05) is 27.4 Å². The third kappa shape index (κ3) is 3.34. The number of rotatable bonds is 4. The maximum absolute atomic E-state index is 12.9. The van der Waals surface area contributed by atoms with Crippen molar-refractivity contribution in [3.8, 4) is 11.1 Å². The summed E-state index contributed by atoms with van der Waals surface area (Å²) in [5, 5.41) is 5.50. The Kier molecular flexibility index (Phi) is 4.68. The summed E-state index contributed by atoms with van der Waals surface area (Å²) in [4.78, 5) is 12.9. The molecule has 2 aromatic carbocycles. The fourth-order valence-electron chi connectivity index (χ4n) is 2.32. The summed E-state index contributed by atoms with van der Waals surface area (Å²) in [5.74, 6) is -0.196. The molecule has 0 spiro atoms. The molecule has 3 rings (SSSR count). The SMILES string of the molecule is C=C=Cn1cc(-c2cccc(Cl)c2)c(C(=O)c2ccc(Cl)cc2)n1. The van der Waals surface area contributed by atoms with E-state index >= 15 is 0 Å². The number of carbonyl (C=O) groups is 1. The van der Waals surface area contributed by atoms with Gasteiger partial charge in [0.2, 0.25) is 5.78 Å². The number of ketones is 1. The summed E-state index contributed by atoms with van der Waals surface area (Å²) in [6.07, 6.45) is 3.29. The number of benzene rings is 2. The van der Waals surface area contributed by atoms with Gasteiger partial charge < -0.3 is 0 Å². The minimum absolute atomic E-state index is 0.196. The molecule has 0 saturated carbocycles. The second-order valence-corrected chi connectivity index (χ2v) is 5.92. The summed E-state index contributed by atoms with van der Waals surface area (Å²) < 4.78 is 1.51. The maximum atomic E-state index is 12.9. The van der Waals surface area contributed by atoms with E-state index in [0.717, 1.165) is 5.56 Å². The molecule has 0 bridgehead atoms. The minimum atomic E-state index is -0.196. The van der Waals surface area contributed by atoms with Crippen LogP contribution >= 0.6 is 23.2 Å². The minimum Gasteiger partial charge on any atom is -0.287 e. The first-order valence-electron chi connectivity index (χ1n) is 7.10. The Morgan fingerprint density at radius 3 is 2.54 bits per heavy atom. The summed E-state index contributed by atoms with van der Waals surface area (Å²) in [7, 11) is 0. The van der Waals surface area contributed by atoms with Crippen molar-refractivity contribution in [1.82, 2.24) is 9.78 Å². The highest BCUT2D eigenvalue weighted by molar-refractivity contribution is 6.31. The van der Waals surface area contributed by atoms with E-state index in [-0.39, 0.29) is 5.78 Å². The summed E-state index contributed by atoms with van der Waals surface area (Å²) in [6, 6.07) is 14.0. The largest absolute Gasteiger partial charge is 0.287 e. The first-order chi connectivity index (χ1) is 11.6. The van der Waals surface area contributed by atoms with Gasteiger partial charge in [-0.1, -0.05) is 41.9 Å². The van der Waals surface area contributed by atoms with Crippen LogP contribution in [0.15, 0.2) is 67.0 Å². The Bertz CT molecular complexity index is 952. The number of carbonyl (C=O) groups excluding carboxylic acids is 1. The highest BCUT2D eigenvalue weighted by Crippen LogP contribution is 2.27. The van der Waals surface area contributed by atoms with Crippen molar-refractivity contribution in [2.45, 2.75) is 0 Å². The number of hydrogen-bond donors (Lipinski definition) is 0. The van der Waals surface area contributed by atoms with Crippen LogP contribution in [-0.4, -0.2) is 15.6 Å². The standard InChI is InChI=1S/C19H12Cl2N2O/c1-2-10-23-12-17(14-4-3-5-16(21)11-14)18(22-23)19(24)13-6-8-15(20)9-7-13/h3-12H,1H2. The predicted molar refractivity (Wildman–Crippen MR) is 97.5 cm³/mol. The second-order valence-electron chi connectivity index (χ2n) is 5.05. The smallest absolute Gasteiger partial charge is 0.213 e. The van der Waals surface area contributed by atoms with Gasteiger partial charge in [0.15, 0.2) is 0 Å². The monoisotopic (exact) mass is 354 g/mol. The molecular weight excluding hydrogens is 343 g/mol. The molecule has 0 unspecified atom stereocenters. The number of aromatic nitrogens is 2. The van der Waals surface area contributed by atoms with Gasteiger partial charge in [-0.25, -0.2) is 4.68 Å². The fraction of sp³-hybridized carbons (Fsp3) is 0. The summed E-state index contributed by atoms with van der Waals surface area (Å²) in [5.41, 5.74) is 4.97. The molecule has 0 atom stereocenters. The molecule has 118 valence electrons. The van der Waals surface area contributed by atoms with E-state index in [1.54, 1.807) is 48.8 Å². The van der Waals surface area contributed by atoms with E-state index in [2.05, 4.69) is 17.4 Å². The van der Waals surface area contributed by atoms with Gasteiger partial charge >= 0.3 is 0 Å². The highest BCUT2D eigenvalue weighted by Gasteiger charge is 2.19. The van der Waals surface area contributed by atoms with Gasteiger partial charge in [0.25, 0.3) is 0 Å². The predicted octanol–water partition coefficient (Wildman–Crippen LogP) is 5.34. The lowest BCUT2D eigenvalue weighted by molar-refractivity contribution is 0.103. The van der Waals surface area contributed by atoms with E-state index in [0.29, 0.717) is 26.9 Å². The number of hydrogen-bond acceptors (Lipinski definition) is 2. The molecule has 3 aromatic rings. The van der Waals surface area contributed by atoms with Gasteiger partial charge in [-0.2, -0.15) is 5.10 Å². The molecular formula is C19H12Cl2N2O. The topological polar surface area (TPSA) is 34.9 Å². The second kappa shape index (κ2) is 6.90. The van der Waals surface area contributed by atoms with Crippen molar-refractivity contribution in [2.24, 2.45) is 0 Å². The third-order valence-corrected chi connectivity index (χ3v) is 3.90. The van der Waals surface area contributed by atoms with Crippen molar-refractivity contribution < 1.29 is 4.79 Å². The van der Waals surface area contributed by atoms with E-state index in [9.17, 15) is 4.79 Å². The van der Waals surface area contributed by atoms with Crippen LogP contribution in [0.1, 0.15) is 16.1 Å². The molecule has 0 N–H and O–H groups in total. The molecule has 0 fully saturated rings. The summed E-state index contributed by atoms with van der Waals surface area (Å²) >= 11 is 12.0. The zero-order chi connectivity index (χ0) is 17.1. The lowest BCUT2D eigenvalue weighted by Crippen LogP contribution is -2.04. The van der Waals surface area contributed by atoms with Gasteiger partial charge in [-0.15, -0.1) is 5.73 Å². The average Bonchev–Trinajstić information content (AvgIpc) is 2.99. The van der Waals surface area contributed by atoms with Crippen molar-refractivity contribution in [2.75, 3.05) is 0 Å². The van der Waals surface area contributed by atoms with E-state index in [1.165, 1.54) is 4.68 Å². The Morgan fingerprint density at radius 1 is 1.12 bits per heavy atom. The zero-order valence-electron chi connectivity index (χ0n) is 12.5. The average molecular weight is 355 g/mol. The molecule has 0 amide bonds. The molecule has 5 heteroatoms.